The van der Waals surface area contributed by atoms with Gasteiger partial charge in [0.2, 0.25) is 0 Å². The molecule has 3 nitrogen and oxygen atoms in total. The van der Waals surface area contributed by atoms with E-state index < -0.39 is 0 Å². The molecular formula is C10H17N3. The van der Waals surface area contributed by atoms with Crippen LogP contribution in [0.2, 0.25) is 0 Å². The predicted octanol–water partition coefficient (Wildman–Crippen LogP) is 2.48. The first-order chi connectivity index (χ1) is 6.02. The molecule has 0 heterocycles. The number of hydrogen-bond donors (Lipinski definition) is 1. The molecule has 0 radical (unpaired) electrons. The lowest BCUT2D eigenvalue weighted by atomic mass is 10.2. The quantitative estimate of drug-likeness (QED) is 0.647. The summed E-state index contributed by atoms with van der Waals surface area (Å²) in [6.07, 6.45) is 1.91. The molecule has 0 amide bonds. The summed E-state index contributed by atoms with van der Waals surface area (Å²) < 4.78 is 0. The molecule has 0 aromatic rings. The summed E-state index contributed by atoms with van der Waals surface area (Å²) in [6, 6.07) is 0. The Morgan fingerprint density at radius 3 is 2.08 bits per heavy atom. The molecule has 0 fully saturated rings. The van der Waals surface area contributed by atoms with Gasteiger partial charge >= 0.3 is 0 Å². The Balaban J connectivity index is 4.71. The van der Waals surface area contributed by atoms with Crippen LogP contribution in [0.1, 0.15) is 27.7 Å². The van der Waals surface area contributed by atoms with Crippen molar-refractivity contribution in [2.75, 3.05) is 7.05 Å². The minimum Gasteiger partial charge on any atom is -0.297 e. The molecule has 0 bridgehead atoms. The van der Waals surface area contributed by atoms with E-state index in [9.17, 15) is 0 Å². The summed E-state index contributed by atoms with van der Waals surface area (Å²) in [6.45, 7) is 7.47. The van der Waals surface area contributed by atoms with Gasteiger partial charge in [0.15, 0.2) is 0 Å². The summed E-state index contributed by atoms with van der Waals surface area (Å²) in [5, 5.41) is 7.68. The molecule has 1 N–H and O–H groups in total. The van der Waals surface area contributed by atoms with Crippen molar-refractivity contribution in [3.05, 3.63) is 11.8 Å². The molecule has 0 aromatic carbocycles. The third kappa shape index (κ3) is 3.78. The van der Waals surface area contributed by atoms with E-state index >= 15 is 0 Å². The lowest BCUT2D eigenvalue weighted by molar-refractivity contribution is 1.28. The highest BCUT2D eigenvalue weighted by Crippen LogP contribution is 1.96. The van der Waals surface area contributed by atoms with Gasteiger partial charge in [-0.3, -0.25) is 15.4 Å². The summed E-state index contributed by atoms with van der Waals surface area (Å²) in [5.41, 5.74) is 2.75. The van der Waals surface area contributed by atoms with Gasteiger partial charge in [-0.2, -0.15) is 0 Å². The summed E-state index contributed by atoms with van der Waals surface area (Å²) in [7, 11) is 1.68. The molecule has 0 saturated carbocycles. The molecule has 0 aromatic heterocycles. The number of allylic oxidation sites excluding steroid dienone is 2. The molecule has 72 valence electrons. The van der Waals surface area contributed by atoms with Crippen LogP contribution in [-0.4, -0.2) is 24.2 Å². The average molecular weight is 179 g/mol. The van der Waals surface area contributed by atoms with Crippen LogP contribution in [0.25, 0.3) is 0 Å². The Hall–Kier alpha value is -1.25. The topological polar surface area (TPSA) is 48.6 Å². The van der Waals surface area contributed by atoms with Crippen molar-refractivity contribution in [1.29, 1.82) is 5.41 Å². The van der Waals surface area contributed by atoms with Crippen molar-refractivity contribution in [2.24, 2.45) is 9.98 Å². The fourth-order valence-corrected chi connectivity index (χ4v) is 0.759. The van der Waals surface area contributed by atoms with E-state index in [2.05, 4.69) is 9.98 Å². The number of nitrogens with one attached hydrogen (secondary N) is 1. The van der Waals surface area contributed by atoms with E-state index in [4.69, 9.17) is 5.41 Å². The first kappa shape index (κ1) is 11.8. The van der Waals surface area contributed by atoms with Crippen molar-refractivity contribution < 1.29 is 0 Å². The Labute approximate surface area is 79.8 Å². The largest absolute Gasteiger partial charge is 0.297 e. The SMILES string of the molecule is C/C=C(C)\N=C(\C)C(=N)/C(C)=N\C. The van der Waals surface area contributed by atoms with Crippen LogP contribution in [0.4, 0.5) is 0 Å². The zero-order chi connectivity index (χ0) is 10.4. The Bertz CT molecular complexity index is 283. The molecular weight excluding hydrogens is 162 g/mol. The summed E-state index contributed by atoms with van der Waals surface area (Å²) >= 11 is 0. The zero-order valence-corrected chi connectivity index (χ0v) is 8.97. The Morgan fingerprint density at radius 2 is 1.69 bits per heavy atom. The molecule has 0 aliphatic heterocycles. The minimum absolute atomic E-state index is 0.406. The van der Waals surface area contributed by atoms with Gasteiger partial charge in [-0.25, -0.2) is 0 Å². The van der Waals surface area contributed by atoms with E-state index in [-0.39, 0.29) is 0 Å². The third-order valence-electron chi connectivity index (χ3n) is 1.82. The van der Waals surface area contributed by atoms with E-state index in [1.165, 1.54) is 0 Å². The normalized spacial score (nSPS) is 14.7. The highest BCUT2D eigenvalue weighted by atomic mass is 14.8. The molecule has 0 aliphatic carbocycles. The number of rotatable bonds is 3. The van der Waals surface area contributed by atoms with Gasteiger partial charge < -0.3 is 0 Å². The molecule has 0 saturated heterocycles. The van der Waals surface area contributed by atoms with Crippen molar-refractivity contribution in [1.82, 2.24) is 0 Å². The van der Waals surface area contributed by atoms with Gasteiger partial charge in [0.05, 0.1) is 17.1 Å². The molecule has 0 atom stereocenters. The molecule has 0 unspecified atom stereocenters. The minimum atomic E-state index is 0.406. The summed E-state index contributed by atoms with van der Waals surface area (Å²) in [4.78, 5) is 8.17. The highest BCUT2D eigenvalue weighted by Gasteiger charge is 2.03. The Morgan fingerprint density at radius 1 is 1.15 bits per heavy atom. The molecule has 0 aliphatic rings. The van der Waals surface area contributed by atoms with Gasteiger partial charge in [0, 0.05) is 12.7 Å². The molecule has 3 heteroatoms. The number of nitrogens with zero attached hydrogens (tertiary/aromatic N) is 2. The van der Waals surface area contributed by atoms with Crippen LogP contribution in [0.3, 0.4) is 0 Å². The van der Waals surface area contributed by atoms with Gasteiger partial charge in [-0.15, -0.1) is 0 Å². The van der Waals surface area contributed by atoms with Crippen molar-refractivity contribution in [3.63, 3.8) is 0 Å². The number of aliphatic imine (C=N–C) groups is 2. The van der Waals surface area contributed by atoms with E-state index in [0.29, 0.717) is 17.1 Å². The van der Waals surface area contributed by atoms with Crippen molar-refractivity contribution in [2.45, 2.75) is 27.7 Å². The van der Waals surface area contributed by atoms with Crippen molar-refractivity contribution in [3.8, 4) is 0 Å². The lowest BCUT2D eigenvalue weighted by Gasteiger charge is -2.01. The second-order valence-electron chi connectivity index (χ2n) is 2.81. The lowest BCUT2D eigenvalue weighted by Crippen LogP contribution is -2.18. The zero-order valence-electron chi connectivity index (χ0n) is 8.97. The monoisotopic (exact) mass is 179 g/mol. The first-order valence-electron chi connectivity index (χ1n) is 4.23. The highest BCUT2D eigenvalue weighted by molar-refractivity contribution is 6.66. The summed E-state index contributed by atoms with van der Waals surface area (Å²) in [5.74, 6) is 0. The van der Waals surface area contributed by atoms with Gasteiger partial charge in [0.25, 0.3) is 0 Å². The molecule has 0 rings (SSSR count). The van der Waals surface area contributed by atoms with E-state index in [1.54, 1.807) is 7.05 Å². The van der Waals surface area contributed by atoms with Crippen LogP contribution in [0.5, 0.6) is 0 Å². The standard InChI is InChI=1S/C10H17N3/c1-6-7(2)13-9(4)10(11)8(3)12-5/h6,11H,1-5H3/b7-6-,11-10?,12-8-,13-9-. The van der Waals surface area contributed by atoms with E-state index in [1.807, 2.05) is 33.8 Å². The molecule has 13 heavy (non-hydrogen) atoms. The van der Waals surface area contributed by atoms with Crippen LogP contribution >= 0.6 is 0 Å². The van der Waals surface area contributed by atoms with Gasteiger partial charge in [0.1, 0.15) is 0 Å². The predicted molar refractivity (Wildman–Crippen MR) is 59.3 cm³/mol. The third-order valence-corrected chi connectivity index (χ3v) is 1.82. The Kier molecular flexibility index (Phi) is 4.89. The smallest absolute Gasteiger partial charge is 0.0959 e. The maximum Gasteiger partial charge on any atom is 0.0959 e. The first-order valence-corrected chi connectivity index (χ1v) is 4.23. The van der Waals surface area contributed by atoms with Crippen molar-refractivity contribution >= 4 is 17.1 Å². The fourth-order valence-electron chi connectivity index (χ4n) is 0.759. The van der Waals surface area contributed by atoms with Gasteiger partial charge in [-0.05, 0) is 27.7 Å². The maximum absolute atomic E-state index is 7.68. The average Bonchev–Trinajstić information content (AvgIpc) is 2.14. The van der Waals surface area contributed by atoms with Crippen LogP contribution < -0.4 is 0 Å². The van der Waals surface area contributed by atoms with E-state index in [0.717, 1.165) is 5.70 Å². The second-order valence-corrected chi connectivity index (χ2v) is 2.81. The van der Waals surface area contributed by atoms with Crippen LogP contribution in [0, 0.1) is 5.41 Å². The van der Waals surface area contributed by atoms with Crippen LogP contribution in [0.15, 0.2) is 21.8 Å². The second kappa shape index (κ2) is 5.41. The number of hydrogen-bond acceptors (Lipinski definition) is 3. The maximum atomic E-state index is 7.68. The fraction of sp³-hybridized carbons (Fsp3) is 0.500. The molecule has 0 spiro atoms. The van der Waals surface area contributed by atoms with Gasteiger partial charge in [-0.1, -0.05) is 6.08 Å². The van der Waals surface area contributed by atoms with Crippen LogP contribution in [-0.2, 0) is 0 Å².